The number of aromatic nitrogens is 1. The Morgan fingerprint density at radius 3 is 2.70 bits per heavy atom. The largest absolute Gasteiger partial charge is 0.484 e. The van der Waals surface area contributed by atoms with Gasteiger partial charge in [-0.1, -0.05) is 23.7 Å². The average molecular weight is 430 g/mol. The fraction of sp³-hybridized carbons (Fsp3) is 0.167. The number of halogens is 3. The first-order valence-electron chi connectivity index (χ1n) is 7.78. The molecule has 0 amide bonds. The van der Waals surface area contributed by atoms with Crippen LogP contribution in [-0.4, -0.2) is 13.4 Å². The fourth-order valence-electron chi connectivity index (χ4n) is 2.42. The lowest BCUT2D eigenvalue weighted by Crippen LogP contribution is -2.09. The number of nitrogens with zero attached hydrogens (tertiary/aromatic N) is 1. The molecule has 27 heavy (non-hydrogen) atoms. The van der Waals surface area contributed by atoms with Gasteiger partial charge < -0.3 is 4.74 Å². The normalized spacial score (nSPS) is 12.7. The molecule has 3 aromatic rings. The predicted octanol–water partition coefficient (Wildman–Crippen LogP) is 5.19. The van der Waals surface area contributed by atoms with Crippen LogP contribution in [0.2, 0.25) is 5.02 Å². The Labute approximate surface area is 164 Å². The van der Waals surface area contributed by atoms with E-state index in [0.29, 0.717) is 10.6 Å². The van der Waals surface area contributed by atoms with Crippen LogP contribution in [-0.2, 0) is 15.6 Å². The van der Waals surface area contributed by atoms with Crippen molar-refractivity contribution in [2.24, 2.45) is 0 Å². The van der Waals surface area contributed by atoms with Crippen LogP contribution < -0.4 is 4.74 Å². The van der Waals surface area contributed by atoms with Crippen LogP contribution in [0.5, 0.6) is 5.75 Å². The van der Waals surface area contributed by atoms with E-state index < -0.39 is 38.2 Å². The molecule has 0 saturated carbocycles. The molecule has 142 valence electrons. The Morgan fingerprint density at radius 1 is 1.26 bits per heavy atom. The van der Waals surface area contributed by atoms with Crippen LogP contribution in [0.4, 0.5) is 8.78 Å². The van der Waals surface area contributed by atoms with Gasteiger partial charge in [-0.3, -0.25) is 0 Å². The highest BCUT2D eigenvalue weighted by atomic mass is 35.5. The molecule has 0 unspecified atom stereocenters. The third kappa shape index (κ3) is 4.63. The zero-order valence-electron chi connectivity index (χ0n) is 14.0. The molecule has 9 heteroatoms. The lowest BCUT2D eigenvalue weighted by atomic mass is 10.1. The summed E-state index contributed by atoms with van der Waals surface area (Å²) in [6.07, 6.45) is 0.860. The van der Waals surface area contributed by atoms with Gasteiger partial charge in [-0.25, -0.2) is 22.2 Å². The summed E-state index contributed by atoms with van der Waals surface area (Å²) in [7, 11) is -3.96. The molecule has 0 aliphatic carbocycles. The van der Waals surface area contributed by atoms with Crippen molar-refractivity contribution >= 4 is 32.8 Å². The lowest BCUT2D eigenvalue weighted by Gasteiger charge is -2.17. The molecule has 1 heterocycles. The summed E-state index contributed by atoms with van der Waals surface area (Å²) in [6, 6.07) is 7.72. The van der Waals surface area contributed by atoms with E-state index >= 15 is 0 Å². The van der Waals surface area contributed by atoms with Crippen LogP contribution in [0.25, 0.3) is 0 Å². The highest BCUT2D eigenvalue weighted by Crippen LogP contribution is 2.34. The smallest absolute Gasteiger partial charge is 0.187 e. The summed E-state index contributed by atoms with van der Waals surface area (Å²) in [6.45, 7) is 1.65. The molecule has 0 N–H and O–H groups in total. The van der Waals surface area contributed by atoms with Crippen LogP contribution in [0.3, 0.4) is 0 Å². The van der Waals surface area contributed by atoms with Gasteiger partial charge in [0.2, 0.25) is 0 Å². The van der Waals surface area contributed by atoms with Gasteiger partial charge in [0.15, 0.2) is 9.84 Å². The number of hydrogen-bond donors (Lipinski definition) is 0. The molecule has 0 fully saturated rings. The second-order valence-corrected chi connectivity index (χ2v) is 9.06. The molecule has 4 nitrogen and oxygen atoms in total. The summed E-state index contributed by atoms with van der Waals surface area (Å²) < 4.78 is 58.3. The maximum absolute atomic E-state index is 14.5. The van der Waals surface area contributed by atoms with E-state index in [-0.39, 0.29) is 10.8 Å². The molecular formula is C18H14ClF2NO3S2. The average Bonchev–Trinajstić information content (AvgIpc) is 3.09. The van der Waals surface area contributed by atoms with Gasteiger partial charge in [-0.15, -0.1) is 11.3 Å². The van der Waals surface area contributed by atoms with E-state index in [9.17, 15) is 17.2 Å². The SMILES string of the molecule is C[C@H](Oc1cc(F)c(S(=O)(=O)Cc2nccs2)cc1Cl)c1cccc(F)c1. The van der Waals surface area contributed by atoms with Gasteiger partial charge >= 0.3 is 0 Å². The van der Waals surface area contributed by atoms with E-state index in [1.807, 2.05) is 0 Å². The van der Waals surface area contributed by atoms with E-state index in [2.05, 4.69) is 4.98 Å². The maximum Gasteiger partial charge on any atom is 0.187 e. The quantitative estimate of drug-likeness (QED) is 0.541. The molecule has 0 radical (unpaired) electrons. The third-order valence-corrected chi connectivity index (χ3v) is 6.63. The molecule has 2 aromatic carbocycles. The van der Waals surface area contributed by atoms with Crippen LogP contribution in [0, 0.1) is 11.6 Å². The number of sulfone groups is 1. The molecule has 0 spiro atoms. The maximum atomic E-state index is 14.5. The van der Waals surface area contributed by atoms with Crippen molar-refractivity contribution in [2.75, 3.05) is 0 Å². The molecular weight excluding hydrogens is 416 g/mol. The second kappa shape index (κ2) is 7.92. The summed E-state index contributed by atoms with van der Waals surface area (Å²) >= 11 is 7.27. The Morgan fingerprint density at radius 2 is 2.04 bits per heavy atom. The number of hydrogen-bond acceptors (Lipinski definition) is 5. The molecule has 0 bridgehead atoms. The highest BCUT2D eigenvalue weighted by Gasteiger charge is 2.24. The summed E-state index contributed by atoms with van der Waals surface area (Å²) in [5.41, 5.74) is 0.534. The van der Waals surface area contributed by atoms with Crippen molar-refractivity contribution in [3.63, 3.8) is 0 Å². The molecule has 0 aliphatic rings. The number of thiazole rings is 1. The molecule has 3 rings (SSSR count). The summed E-state index contributed by atoms with van der Waals surface area (Å²) in [4.78, 5) is 3.39. The standard InChI is InChI=1S/C18H14ClF2NO3S2/c1-11(12-3-2-4-13(20)7-12)25-16-9-15(21)17(8-14(16)19)27(23,24)10-18-22-5-6-26-18/h2-9,11H,10H2,1H3/t11-/m0/s1. The van der Waals surface area contributed by atoms with E-state index in [1.165, 1.54) is 24.4 Å². The van der Waals surface area contributed by atoms with Crippen molar-refractivity contribution in [3.05, 3.63) is 75.2 Å². The molecule has 1 aromatic heterocycles. The van der Waals surface area contributed by atoms with Gasteiger partial charge in [0, 0.05) is 17.6 Å². The van der Waals surface area contributed by atoms with Gasteiger partial charge in [0.1, 0.15) is 39.1 Å². The molecule has 0 aliphatic heterocycles. The van der Waals surface area contributed by atoms with Gasteiger partial charge in [0.25, 0.3) is 0 Å². The van der Waals surface area contributed by atoms with Crippen molar-refractivity contribution < 1.29 is 21.9 Å². The molecule has 1 atom stereocenters. The van der Waals surface area contributed by atoms with Gasteiger partial charge in [-0.05, 0) is 30.7 Å². The van der Waals surface area contributed by atoms with E-state index in [1.54, 1.807) is 18.4 Å². The summed E-state index contributed by atoms with van der Waals surface area (Å²) in [5.74, 6) is -1.85. The van der Waals surface area contributed by atoms with Crippen LogP contribution in [0.15, 0.2) is 52.9 Å². The number of ether oxygens (including phenoxy) is 1. The van der Waals surface area contributed by atoms with Gasteiger partial charge in [-0.2, -0.15) is 0 Å². The van der Waals surface area contributed by atoms with Gasteiger partial charge in [0.05, 0.1) is 5.02 Å². The first kappa shape index (κ1) is 19.7. The number of benzene rings is 2. The Hall–Kier alpha value is -2.03. The third-order valence-electron chi connectivity index (χ3n) is 3.74. The van der Waals surface area contributed by atoms with Crippen molar-refractivity contribution in [1.29, 1.82) is 0 Å². The van der Waals surface area contributed by atoms with Crippen LogP contribution in [0.1, 0.15) is 23.6 Å². The fourth-order valence-corrected chi connectivity index (χ4v) is 5.04. The Balaban J connectivity index is 1.86. The molecule has 0 saturated heterocycles. The lowest BCUT2D eigenvalue weighted by molar-refractivity contribution is 0.225. The highest BCUT2D eigenvalue weighted by molar-refractivity contribution is 7.90. The Bertz CT molecular complexity index is 1060. The van der Waals surface area contributed by atoms with Crippen LogP contribution >= 0.6 is 22.9 Å². The topological polar surface area (TPSA) is 56.3 Å². The Kier molecular flexibility index (Phi) is 5.78. The minimum atomic E-state index is -3.96. The van der Waals surface area contributed by atoms with Crippen molar-refractivity contribution in [2.45, 2.75) is 23.7 Å². The van der Waals surface area contributed by atoms with E-state index in [4.69, 9.17) is 16.3 Å². The summed E-state index contributed by atoms with van der Waals surface area (Å²) in [5, 5.41) is 1.93. The minimum absolute atomic E-state index is 0.0286. The zero-order chi connectivity index (χ0) is 19.6. The zero-order valence-corrected chi connectivity index (χ0v) is 16.4. The first-order valence-corrected chi connectivity index (χ1v) is 10.7. The second-order valence-electron chi connectivity index (χ2n) is 5.71. The predicted molar refractivity (Wildman–Crippen MR) is 99.9 cm³/mol. The van der Waals surface area contributed by atoms with Crippen molar-refractivity contribution in [3.8, 4) is 5.75 Å². The first-order chi connectivity index (χ1) is 12.8. The van der Waals surface area contributed by atoms with Crippen molar-refractivity contribution in [1.82, 2.24) is 4.98 Å². The monoisotopic (exact) mass is 429 g/mol. The minimum Gasteiger partial charge on any atom is -0.484 e. The van der Waals surface area contributed by atoms with E-state index in [0.717, 1.165) is 23.5 Å². The number of rotatable bonds is 6.